The SMILES string of the molecule is CCOc1cc(C(C)(C)C)ccc1C1=N[C@@](C)(c2ccc(Cl)cc2)[C@@](C)(c2ccc(Cl)cc2)N1C(=O)N1CCN(CCC(=O)O)CC1. The van der Waals surface area contributed by atoms with Crippen LogP contribution >= 0.6 is 23.2 Å². The van der Waals surface area contributed by atoms with Crippen LogP contribution in [0.15, 0.2) is 71.7 Å². The third-order valence-corrected chi connectivity index (χ3v) is 10.1. The lowest BCUT2D eigenvalue weighted by Gasteiger charge is -2.47. The quantitative estimate of drug-likeness (QED) is 0.263. The second-order valence-electron chi connectivity index (χ2n) is 13.6. The topological polar surface area (TPSA) is 85.7 Å². The van der Waals surface area contributed by atoms with Gasteiger partial charge < -0.3 is 14.7 Å². The van der Waals surface area contributed by atoms with E-state index in [1.807, 2.05) is 71.3 Å². The number of piperazine rings is 1. The minimum absolute atomic E-state index is 0.0652. The number of hydrogen-bond acceptors (Lipinski definition) is 5. The van der Waals surface area contributed by atoms with Crippen LogP contribution in [0.3, 0.4) is 0 Å². The molecule has 8 nitrogen and oxygen atoms in total. The van der Waals surface area contributed by atoms with Crippen LogP contribution in [0, 0.1) is 0 Å². The Bertz CT molecular complexity index is 1650. The molecular weight excluding hydrogens is 635 g/mol. The molecule has 2 aliphatic rings. The van der Waals surface area contributed by atoms with Gasteiger partial charge in [0.15, 0.2) is 0 Å². The molecule has 3 aromatic rings. The van der Waals surface area contributed by atoms with E-state index in [9.17, 15) is 9.90 Å². The minimum Gasteiger partial charge on any atom is -0.493 e. The Labute approximate surface area is 287 Å². The Morgan fingerprint density at radius 2 is 1.47 bits per heavy atom. The van der Waals surface area contributed by atoms with Crippen LogP contribution in [0.25, 0.3) is 0 Å². The van der Waals surface area contributed by atoms with Gasteiger partial charge in [-0.3, -0.25) is 19.6 Å². The molecule has 1 fully saturated rings. The van der Waals surface area contributed by atoms with Crippen LogP contribution in [-0.4, -0.2) is 77.0 Å². The number of hydrogen-bond donors (Lipinski definition) is 1. The van der Waals surface area contributed by atoms with Crippen molar-refractivity contribution in [3.63, 3.8) is 0 Å². The molecule has 47 heavy (non-hydrogen) atoms. The highest BCUT2D eigenvalue weighted by Crippen LogP contribution is 2.54. The Kier molecular flexibility index (Phi) is 9.97. The Balaban J connectivity index is 1.70. The third kappa shape index (κ3) is 6.73. The summed E-state index contributed by atoms with van der Waals surface area (Å²) in [6, 6.07) is 21.2. The number of aliphatic imine (C=N–C) groups is 1. The minimum atomic E-state index is -1.01. The van der Waals surface area contributed by atoms with Crippen molar-refractivity contribution in [2.75, 3.05) is 39.3 Å². The summed E-state index contributed by atoms with van der Waals surface area (Å²) in [5.74, 6) is 0.347. The molecule has 0 aliphatic carbocycles. The molecule has 2 amide bonds. The predicted molar refractivity (Wildman–Crippen MR) is 188 cm³/mol. The van der Waals surface area contributed by atoms with Crippen molar-refractivity contribution in [2.45, 2.75) is 64.5 Å². The lowest BCUT2D eigenvalue weighted by Crippen LogP contribution is -2.60. The molecule has 2 aliphatic heterocycles. The van der Waals surface area contributed by atoms with E-state index in [1.165, 1.54) is 0 Å². The van der Waals surface area contributed by atoms with Crippen molar-refractivity contribution < 1.29 is 19.4 Å². The van der Waals surface area contributed by atoms with E-state index in [1.54, 1.807) is 0 Å². The fourth-order valence-corrected chi connectivity index (χ4v) is 6.83. The zero-order chi connectivity index (χ0) is 34.1. The van der Waals surface area contributed by atoms with Gasteiger partial charge in [0.05, 0.1) is 18.6 Å². The van der Waals surface area contributed by atoms with Crippen molar-refractivity contribution in [1.29, 1.82) is 0 Å². The summed E-state index contributed by atoms with van der Waals surface area (Å²) in [4.78, 5) is 37.5. The molecule has 1 saturated heterocycles. The van der Waals surface area contributed by atoms with Gasteiger partial charge in [0.2, 0.25) is 0 Å². The molecule has 0 unspecified atom stereocenters. The molecule has 2 heterocycles. The van der Waals surface area contributed by atoms with Crippen molar-refractivity contribution in [3.8, 4) is 5.75 Å². The van der Waals surface area contributed by atoms with Crippen molar-refractivity contribution in [2.24, 2.45) is 4.99 Å². The molecule has 10 heteroatoms. The number of nitrogens with zero attached hydrogens (tertiary/aromatic N) is 4. The lowest BCUT2D eigenvalue weighted by molar-refractivity contribution is -0.137. The van der Waals surface area contributed by atoms with Crippen LogP contribution < -0.4 is 4.74 Å². The molecule has 250 valence electrons. The summed E-state index contributed by atoms with van der Waals surface area (Å²) in [7, 11) is 0. The molecule has 5 rings (SSSR count). The van der Waals surface area contributed by atoms with Gasteiger partial charge in [0.1, 0.15) is 22.7 Å². The first kappa shape index (κ1) is 34.7. The summed E-state index contributed by atoms with van der Waals surface area (Å²) < 4.78 is 6.28. The smallest absolute Gasteiger partial charge is 0.326 e. The molecule has 0 radical (unpaired) electrons. The molecule has 1 N–H and O–H groups in total. The zero-order valence-electron chi connectivity index (χ0n) is 28.0. The Hall–Kier alpha value is -3.59. The van der Waals surface area contributed by atoms with E-state index in [2.05, 4.69) is 51.7 Å². The maximum atomic E-state index is 15.1. The molecule has 0 saturated carbocycles. The van der Waals surface area contributed by atoms with E-state index in [-0.39, 0.29) is 17.9 Å². The maximum absolute atomic E-state index is 15.1. The van der Waals surface area contributed by atoms with Crippen molar-refractivity contribution >= 4 is 41.0 Å². The number of rotatable bonds is 8. The maximum Gasteiger partial charge on any atom is 0.326 e. The number of carboxylic acids is 1. The number of benzene rings is 3. The second-order valence-corrected chi connectivity index (χ2v) is 14.5. The van der Waals surface area contributed by atoms with Gasteiger partial charge in [0, 0.05) is 42.8 Å². The van der Waals surface area contributed by atoms with Crippen LogP contribution in [0.1, 0.15) is 70.2 Å². The van der Waals surface area contributed by atoms with Gasteiger partial charge >= 0.3 is 12.0 Å². The standard InChI is InChI=1S/C37H44Cl2N4O4/c1-7-47-31-24-27(35(2,3)4)12-17-30(31)33-40-36(5,25-8-13-28(38)14-9-25)37(6,26-10-15-29(39)16-11-26)43(33)34(46)42-22-20-41(21-23-42)19-18-32(44)45/h8-17,24H,7,18-23H2,1-6H3,(H,44,45)/t36-,37+/m0/s1. The van der Waals surface area contributed by atoms with Crippen molar-refractivity contribution in [1.82, 2.24) is 14.7 Å². The molecule has 2 atom stereocenters. The molecule has 0 aromatic heterocycles. The highest BCUT2D eigenvalue weighted by molar-refractivity contribution is 6.30. The van der Waals surface area contributed by atoms with E-state index in [0.717, 1.165) is 22.3 Å². The first-order valence-electron chi connectivity index (χ1n) is 16.1. The van der Waals surface area contributed by atoms with E-state index in [4.69, 9.17) is 32.9 Å². The Morgan fingerprint density at radius 3 is 2.00 bits per heavy atom. The van der Waals surface area contributed by atoms with E-state index in [0.29, 0.717) is 61.0 Å². The molecule has 3 aromatic carbocycles. The van der Waals surface area contributed by atoms with Crippen LogP contribution in [0.5, 0.6) is 5.75 Å². The first-order chi connectivity index (χ1) is 22.2. The number of halogens is 2. The molecule has 0 bridgehead atoms. The van der Waals surface area contributed by atoms with Crippen LogP contribution in [0.4, 0.5) is 4.79 Å². The number of amides is 2. The number of ether oxygens (including phenoxy) is 1. The zero-order valence-corrected chi connectivity index (χ0v) is 29.5. The number of carboxylic acid groups (broad SMARTS) is 1. The number of urea groups is 1. The fraction of sp³-hybridized carbons (Fsp3) is 0.432. The van der Waals surface area contributed by atoms with Crippen LogP contribution in [0.2, 0.25) is 10.0 Å². The molecule has 0 spiro atoms. The number of carbonyl (C=O) groups is 2. The van der Waals surface area contributed by atoms with Gasteiger partial charge in [-0.05, 0) is 79.3 Å². The summed E-state index contributed by atoms with van der Waals surface area (Å²) in [6.07, 6.45) is 0.0652. The summed E-state index contributed by atoms with van der Waals surface area (Å²) in [5.41, 5.74) is 1.53. The summed E-state index contributed by atoms with van der Waals surface area (Å²) in [6.45, 7) is 15.5. The number of carbonyl (C=O) groups excluding carboxylic acids is 1. The van der Waals surface area contributed by atoms with Crippen LogP contribution in [-0.2, 0) is 21.3 Å². The Morgan fingerprint density at radius 1 is 0.894 bits per heavy atom. The fourth-order valence-electron chi connectivity index (χ4n) is 6.57. The normalized spacial score (nSPS) is 21.9. The average molecular weight is 680 g/mol. The van der Waals surface area contributed by atoms with Gasteiger partial charge in [-0.25, -0.2) is 4.79 Å². The molecular formula is C37H44Cl2N4O4. The summed E-state index contributed by atoms with van der Waals surface area (Å²) >= 11 is 12.7. The first-order valence-corrected chi connectivity index (χ1v) is 16.9. The highest BCUT2D eigenvalue weighted by atomic mass is 35.5. The monoisotopic (exact) mass is 678 g/mol. The summed E-state index contributed by atoms with van der Waals surface area (Å²) in [5, 5.41) is 10.4. The lowest BCUT2D eigenvalue weighted by atomic mass is 9.71. The van der Waals surface area contributed by atoms with Gasteiger partial charge in [-0.2, -0.15) is 0 Å². The number of amidine groups is 1. The number of aliphatic carboxylic acids is 1. The van der Waals surface area contributed by atoms with Gasteiger partial charge in [-0.1, -0.05) is 74.3 Å². The second kappa shape index (κ2) is 13.5. The van der Waals surface area contributed by atoms with E-state index >= 15 is 4.79 Å². The highest BCUT2D eigenvalue weighted by Gasteiger charge is 2.60. The van der Waals surface area contributed by atoms with Gasteiger partial charge in [-0.15, -0.1) is 0 Å². The largest absolute Gasteiger partial charge is 0.493 e. The van der Waals surface area contributed by atoms with Crippen molar-refractivity contribution in [3.05, 3.63) is 99.0 Å². The average Bonchev–Trinajstić information content (AvgIpc) is 3.28. The predicted octanol–water partition coefficient (Wildman–Crippen LogP) is 7.79. The third-order valence-electron chi connectivity index (χ3n) is 9.61. The van der Waals surface area contributed by atoms with E-state index < -0.39 is 17.0 Å². The van der Waals surface area contributed by atoms with Gasteiger partial charge in [0.25, 0.3) is 0 Å².